The Bertz CT molecular complexity index is 621. The molecular weight excluding hydrogens is 234 g/mol. The minimum absolute atomic E-state index is 0.278. The summed E-state index contributed by atoms with van der Waals surface area (Å²) in [5, 5.41) is 14.1. The summed E-state index contributed by atoms with van der Waals surface area (Å²) < 4.78 is 6.28. The minimum atomic E-state index is -0.318. The zero-order chi connectivity index (χ0) is 13.5. The average Bonchev–Trinajstić information content (AvgIpc) is 2.72. The second-order valence-electron chi connectivity index (χ2n) is 4.98. The molecule has 0 saturated carbocycles. The molecule has 4 bridgehead atoms. The van der Waals surface area contributed by atoms with Gasteiger partial charge in [0.25, 0.3) is 6.47 Å². The maximum atomic E-state index is 9.60. The van der Waals surface area contributed by atoms with E-state index in [-0.39, 0.29) is 11.4 Å². The second kappa shape index (κ2) is 3.90. The normalized spacial score (nSPS) is 11.7. The van der Waals surface area contributed by atoms with E-state index >= 15 is 0 Å². The summed E-state index contributed by atoms with van der Waals surface area (Å²) in [5.74, 6) is 0.829. The first-order chi connectivity index (χ1) is 8.33. The predicted octanol–water partition coefficient (Wildman–Crippen LogP) is 1.61. The predicted molar refractivity (Wildman–Crippen MR) is 68.0 cm³/mol. The molecule has 3 N–H and O–H groups in total. The van der Waals surface area contributed by atoms with Crippen molar-refractivity contribution in [2.45, 2.75) is 26.4 Å². The van der Waals surface area contributed by atoms with E-state index < -0.39 is 0 Å². The molecule has 4 aromatic heterocycles. The summed E-state index contributed by atoms with van der Waals surface area (Å²) in [6.07, 6.45) is 0. The lowest BCUT2D eigenvalue weighted by Gasteiger charge is -2.14. The lowest BCUT2D eigenvalue weighted by atomic mass is 10.1. The number of phenols is 1. The van der Waals surface area contributed by atoms with E-state index in [0.717, 1.165) is 16.4 Å². The van der Waals surface area contributed by atoms with E-state index in [0.29, 0.717) is 12.3 Å². The molecule has 0 aliphatic rings. The Morgan fingerprint density at radius 1 is 1.39 bits per heavy atom. The number of phenolic OH excluding ortho intramolecular Hbond substituents is 1. The summed E-state index contributed by atoms with van der Waals surface area (Å²) in [4.78, 5) is 9.60. The topological polar surface area (TPSA) is 89.9 Å². The van der Waals surface area contributed by atoms with Crippen molar-refractivity contribution in [2.24, 2.45) is 0 Å². The molecule has 4 rings (SSSR count). The van der Waals surface area contributed by atoms with Gasteiger partial charge in [-0.25, -0.2) is 4.52 Å². The molecule has 6 heteroatoms. The first kappa shape index (κ1) is 12.2. The molecule has 6 nitrogen and oxygen atoms in total. The average molecular weight is 249 g/mol. The highest BCUT2D eigenvalue weighted by Crippen LogP contribution is 2.36. The smallest absolute Gasteiger partial charge is 0.293 e. The van der Waals surface area contributed by atoms with Crippen molar-refractivity contribution in [3.8, 4) is 5.75 Å². The number of benzene rings is 1. The highest BCUT2D eigenvalue weighted by atomic mass is 16.5. The number of hydrogen-bond donors (Lipinski definition) is 2. The number of nitrogens with two attached hydrogens (primary N) is 1. The molecule has 0 atom stereocenters. The lowest BCUT2D eigenvalue weighted by Crippen LogP contribution is -2.17. The van der Waals surface area contributed by atoms with Crippen molar-refractivity contribution in [2.75, 3.05) is 5.73 Å². The van der Waals surface area contributed by atoms with E-state index in [9.17, 15) is 4.79 Å². The first-order valence-electron chi connectivity index (χ1n) is 5.46. The van der Waals surface area contributed by atoms with E-state index in [1.54, 1.807) is 16.6 Å². The number of aromatic hydroxyl groups is 1. The van der Waals surface area contributed by atoms with Crippen LogP contribution in [-0.4, -0.2) is 26.8 Å². The fourth-order valence-electron chi connectivity index (χ4n) is 1.68. The number of nitrogens with zero attached hydrogens (tertiary/aromatic N) is 2. The van der Waals surface area contributed by atoms with Crippen LogP contribution in [0.2, 0.25) is 0 Å². The van der Waals surface area contributed by atoms with Gasteiger partial charge in [-0.3, -0.25) is 4.79 Å². The van der Waals surface area contributed by atoms with Crippen molar-refractivity contribution < 1.29 is 14.6 Å². The molecule has 0 radical (unpaired) electrons. The molecule has 0 fully saturated rings. The molecule has 4 heterocycles. The van der Waals surface area contributed by atoms with Crippen LogP contribution in [0, 0.1) is 0 Å². The van der Waals surface area contributed by atoms with E-state index in [2.05, 4.69) is 9.84 Å². The Hall–Kier alpha value is -2.24. The van der Waals surface area contributed by atoms with Gasteiger partial charge in [-0.2, -0.15) is 0 Å². The van der Waals surface area contributed by atoms with Crippen LogP contribution in [0.5, 0.6) is 5.75 Å². The number of rotatable bonds is 1. The van der Waals surface area contributed by atoms with Crippen molar-refractivity contribution in [1.82, 2.24) is 9.61 Å². The van der Waals surface area contributed by atoms with Gasteiger partial charge >= 0.3 is 0 Å². The Morgan fingerprint density at radius 2 is 1.94 bits per heavy atom. The Kier molecular flexibility index (Phi) is 2.65. The number of pyridine rings is 1. The summed E-state index contributed by atoms with van der Waals surface area (Å²) in [7, 11) is 0. The van der Waals surface area contributed by atoms with Gasteiger partial charge in [-0.15, -0.1) is 5.10 Å². The van der Waals surface area contributed by atoms with Gasteiger partial charge in [-0.05, 0) is 20.8 Å². The van der Waals surface area contributed by atoms with E-state index in [1.807, 2.05) is 20.8 Å². The third-order valence-electron chi connectivity index (χ3n) is 2.40. The fraction of sp³-hybridized carbons (Fsp3) is 0.333. The first-order valence-corrected chi connectivity index (χ1v) is 5.46. The molecule has 18 heavy (non-hydrogen) atoms. The Morgan fingerprint density at radius 3 is 2.22 bits per heavy atom. The van der Waals surface area contributed by atoms with Crippen molar-refractivity contribution in [3.63, 3.8) is 0 Å². The number of carbonyl (C=O) groups is 1. The fourth-order valence-corrected chi connectivity index (χ4v) is 1.68. The van der Waals surface area contributed by atoms with E-state index in [1.165, 1.54) is 0 Å². The van der Waals surface area contributed by atoms with Gasteiger partial charge in [0.15, 0.2) is 5.82 Å². The number of hydrogen-bond acceptors (Lipinski definition) is 5. The Labute approximate surface area is 104 Å². The summed E-state index contributed by atoms with van der Waals surface area (Å²) in [6, 6.07) is 3.32. The van der Waals surface area contributed by atoms with Crippen LogP contribution >= 0.6 is 0 Å². The third kappa shape index (κ3) is 1.97. The monoisotopic (exact) mass is 249 g/mol. The SMILES string of the molecule is CC(C)(C)OC=O.Nc1nn2c3cc(O)cc2c13. The molecule has 0 saturated heterocycles. The van der Waals surface area contributed by atoms with Gasteiger partial charge in [0, 0.05) is 12.1 Å². The summed E-state index contributed by atoms with van der Waals surface area (Å²) >= 11 is 0. The van der Waals surface area contributed by atoms with Crippen LogP contribution < -0.4 is 5.73 Å². The largest absolute Gasteiger partial charge is 0.508 e. The molecule has 4 aromatic rings. The van der Waals surface area contributed by atoms with E-state index in [4.69, 9.17) is 10.8 Å². The molecule has 96 valence electrons. The standard InChI is InChI=1S/C7H5N3O.C5H10O2/c8-7-6-4-1-3(11)2-5(6)10(4)9-7;1-5(2,3)7-4-6/h1-2,11H,(H2,8,9);4H,1-3H3. The molecule has 0 amide bonds. The highest BCUT2D eigenvalue weighted by Gasteiger charge is 2.19. The molecule has 0 spiro atoms. The number of ether oxygens (including phenoxy) is 1. The van der Waals surface area contributed by atoms with Gasteiger partial charge in [0.05, 0.1) is 16.4 Å². The number of aromatic nitrogens is 2. The van der Waals surface area contributed by atoms with Crippen molar-refractivity contribution in [1.29, 1.82) is 0 Å². The zero-order valence-corrected chi connectivity index (χ0v) is 10.5. The van der Waals surface area contributed by atoms with Gasteiger partial charge in [0.1, 0.15) is 11.4 Å². The number of carbonyl (C=O) groups excluding carboxylic acids is 1. The van der Waals surface area contributed by atoms with Crippen LogP contribution in [0.15, 0.2) is 12.1 Å². The van der Waals surface area contributed by atoms with Gasteiger partial charge in [0.2, 0.25) is 0 Å². The quantitative estimate of drug-likeness (QED) is 0.639. The summed E-state index contributed by atoms with van der Waals surface area (Å²) in [5.41, 5.74) is 7.07. The lowest BCUT2D eigenvalue weighted by molar-refractivity contribution is -0.138. The second-order valence-corrected chi connectivity index (χ2v) is 4.98. The van der Waals surface area contributed by atoms with Crippen molar-refractivity contribution in [3.05, 3.63) is 12.1 Å². The summed E-state index contributed by atoms with van der Waals surface area (Å²) in [6.45, 7) is 5.92. The minimum Gasteiger partial charge on any atom is -0.508 e. The maximum Gasteiger partial charge on any atom is 0.293 e. The van der Waals surface area contributed by atoms with Gasteiger partial charge in [-0.1, -0.05) is 0 Å². The van der Waals surface area contributed by atoms with Crippen LogP contribution in [0.1, 0.15) is 20.8 Å². The van der Waals surface area contributed by atoms with Crippen LogP contribution in [-0.2, 0) is 9.53 Å². The Balaban J connectivity index is 0.000000152. The highest BCUT2D eigenvalue weighted by molar-refractivity contribution is 6.10. The number of nitrogen functional groups attached to an aromatic ring is 1. The maximum absolute atomic E-state index is 9.60. The van der Waals surface area contributed by atoms with Gasteiger partial charge < -0.3 is 15.6 Å². The third-order valence-corrected chi connectivity index (χ3v) is 2.40. The number of anilines is 1. The molecule has 0 unspecified atom stereocenters. The zero-order valence-electron chi connectivity index (χ0n) is 10.5. The van der Waals surface area contributed by atoms with Crippen LogP contribution in [0.3, 0.4) is 0 Å². The van der Waals surface area contributed by atoms with Crippen LogP contribution in [0.4, 0.5) is 5.82 Å². The molecule has 0 aliphatic heterocycles. The molecule has 0 aliphatic carbocycles. The molecular formula is C12H15N3O3. The van der Waals surface area contributed by atoms with Crippen molar-refractivity contribution >= 4 is 28.7 Å². The molecule has 0 aromatic carbocycles. The number of fused-ring (bicyclic) bond motifs is 1. The van der Waals surface area contributed by atoms with Crippen LogP contribution in [0.25, 0.3) is 16.4 Å².